The third kappa shape index (κ3) is 4.36. The molecular weight excluding hydrogens is 452 g/mol. The molecule has 3 aromatic rings. The van der Waals surface area contributed by atoms with Gasteiger partial charge in [0, 0.05) is 17.1 Å². The Hall–Kier alpha value is -2.64. The lowest BCUT2D eigenvalue weighted by Gasteiger charge is -2.20. The van der Waals surface area contributed by atoms with E-state index in [0.29, 0.717) is 22.3 Å². The number of ketones is 1. The van der Waals surface area contributed by atoms with Crippen LogP contribution in [0.4, 0.5) is 5.69 Å². The average Bonchev–Trinajstić information content (AvgIpc) is 2.77. The fourth-order valence-corrected chi connectivity index (χ4v) is 4.84. The first-order chi connectivity index (χ1) is 14.2. The van der Waals surface area contributed by atoms with Gasteiger partial charge in [-0.2, -0.15) is 0 Å². The molecular formula is C22H17BrN2O3S. The number of Topliss-reactive ketones (excluding diaryl/α,β-unsaturated/α-hetero) is 1. The second kappa shape index (κ2) is 8.80. The molecule has 0 bridgehead atoms. The van der Waals surface area contributed by atoms with E-state index in [9.17, 15) is 9.59 Å². The summed E-state index contributed by atoms with van der Waals surface area (Å²) in [5, 5.41) is 3.75. The van der Waals surface area contributed by atoms with E-state index in [-0.39, 0.29) is 18.3 Å². The molecule has 1 aromatic heterocycles. The molecule has 0 aliphatic carbocycles. The van der Waals surface area contributed by atoms with E-state index in [1.165, 1.54) is 11.8 Å². The highest BCUT2D eigenvalue weighted by atomic mass is 79.9. The molecule has 1 unspecified atom stereocenters. The number of hydrogen-bond acceptors (Lipinski definition) is 5. The molecule has 5 nitrogen and oxygen atoms in total. The van der Waals surface area contributed by atoms with Crippen LogP contribution in [-0.4, -0.2) is 23.3 Å². The van der Waals surface area contributed by atoms with Crippen LogP contribution in [0.25, 0.3) is 0 Å². The minimum absolute atomic E-state index is 0.0161. The van der Waals surface area contributed by atoms with Gasteiger partial charge in [0.25, 0.3) is 5.91 Å². The molecule has 2 aromatic carbocycles. The number of benzene rings is 2. The number of halogens is 1. The third-order valence-electron chi connectivity index (χ3n) is 4.46. The maximum absolute atomic E-state index is 13.5. The fourth-order valence-electron chi connectivity index (χ4n) is 3.03. The Morgan fingerprint density at radius 3 is 2.79 bits per heavy atom. The van der Waals surface area contributed by atoms with Gasteiger partial charge in [-0.1, -0.05) is 64.1 Å². The summed E-state index contributed by atoms with van der Waals surface area (Å²) in [6.07, 6.45) is 1.73. The van der Waals surface area contributed by atoms with E-state index in [4.69, 9.17) is 4.74 Å². The van der Waals surface area contributed by atoms with Crippen molar-refractivity contribution in [3.05, 3.63) is 83.6 Å². The number of nitrogens with zero attached hydrogens (tertiary/aromatic N) is 1. The van der Waals surface area contributed by atoms with Crippen LogP contribution in [0.5, 0.6) is 5.75 Å². The van der Waals surface area contributed by atoms with Crippen LogP contribution in [0.1, 0.15) is 26.7 Å². The molecule has 7 heteroatoms. The Morgan fingerprint density at radius 1 is 1.17 bits per heavy atom. The first-order valence-corrected chi connectivity index (χ1v) is 11.0. The van der Waals surface area contributed by atoms with E-state index >= 15 is 0 Å². The topological polar surface area (TPSA) is 68.3 Å². The highest BCUT2D eigenvalue weighted by Crippen LogP contribution is 2.40. The number of ether oxygens (including phenoxy) is 1. The van der Waals surface area contributed by atoms with E-state index in [0.717, 1.165) is 16.2 Å². The summed E-state index contributed by atoms with van der Waals surface area (Å²) in [6.45, 7) is -0.0161. The summed E-state index contributed by atoms with van der Waals surface area (Å²) in [6, 6.07) is 18.6. The van der Waals surface area contributed by atoms with Crippen LogP contribution in [0.15, 0.2) is 71.9 Å². The number of alkyl halides is 1. The van der Waals surface area contributed by atoms with Crippen LogP contribution in [0, 0.1) is 0 Å². The molecule has 1 amide bonds. The number of carbonyl (C=O) groups is 2. The quantitative estimate of drug-likeness (QED) is 0.312. The van der Waals surface area contributed by atoms with Crippen LogP contribution in [0.3, 0.4) is 0 Å². The number of amides is 1. The molecule has 0 saturated heterocycles. The van der Waals surface area contributed by atoms with E-state index in [1.54, 1.807) is 24.4 Å². The lowest BCUT2D eigenvalue weighted by Crippen LogP contribution is -2.25. The van der Waals surface area contributed by atoms with Gasteiger partial charge < -0.3 is 10.1 Å². The van der Waals surface area contributed by atoms with Gasteiger partial charge >= 0.3 is 0 Å². The Balaban J connectivity index is 1.71. The highest BCUT2D eigenvalue weighted by molar-refractivity contribution is 9.08. The zero-order chi connectivity index (χ0) is 20.2. The molecule has 0 fully saturated rings. The van der Waals surface area contributed by atoms with Crippen molar-refractivity contribution in [3.8, 4) is 5.75 Å². The van der Waals surface area contributed by atoms with Gasteiger partial charge in [0.05, 0.1) is 10.9 Å². The van der Waals surface area contributed by atoms with Crippen LogP contribution in [0.2, 0.25) is 0 Å². The number of aromatic nitrogens is 1. The van der Waals surface area contributed by atoms with Gasteiger partial charge in [-0.15, -0.1) is 0 Å². The van der Waals surface area contributed by atoms with Crippen molar-refractivity contribution in [1.82, 2.24) is 4.98 Å². The molecule has 0 spiro atoms. The number of hydrogen-bond donors (Lipinski definition) is 1. The van der Waals surface area contributed by atoms with Gasteiger partial charge in [-0.05, 0) is 35.4 Å². The van der Waals surface area contributed by atoms with Gasteiger partial charge in [0.1, 0.15) is 10.8 Å². The molecule has 1 atom stereocenters. The fraction of sp³-hybridized carbons (Fsp3) is 0.136. The molecule has 0 radical (unpaired) electrons. The number of anilines is 1. The minimum Gasteiger partial charge on any atom is -0.482 e. The number of rotatable bonds is 6. The van der Waals surface area contributed by atoms with Gasteiger partial charge in [-0.25, -0.2) is 4.98 Å². The smallest absolute Gasteiger partial charge is 0.262 e. The molecule has 0 saturated carbocycles. The van der Waals surface area contributed by atoms with Crippen molar-refractivity contribution in [2.45, 2.75) is 15.6 Å². The van der Waals surface area contributed by atoms with Crippen molar-refractivity contribution >= 4 is 45.1 Å². The van der Waals surface area contributed by atoms with Gasteiger partial charge in [0.2, 0.25) is 0 Å². The summed E-state index contributed by atoms with van der Waals surface area (Å²) < 4.78 is 5.40. The van der Waals surface area contributed by atoms with Crippen LogP contribution >= 0.6 is 27.7 Å². The molecule has 146 valence electrons. The average molecular weight is 469 g/mol. The van der Waals surface area contributed by atoms with Crippen molar-refractivity contribution in [1.29, 1.82) is 0 Å². The second-order valence-electron chi connectivity index (χ2n) is 6.42. The van der Waals surface area contributed by atoms with E-state index < -0.39 is 5.25 Å². The number of nitrogens with one attached hydrogen (secondary N) is 1. The highest BCUT2D eigenvalue weighted by Gasteiger charge is 2.26. The number of carbonyl (C=O) groups excluding carboxylic acids is 2. The first-order valence-electron chi connectivity index (χ1n) is 8.98. The van der Waals surface area contributed by atoms with Crippen LogP contribution in [-0.2, 0) is 10.1 Å². The standard InChI is InChI=1S/C22H17BrN2O3S/c23-12-16-7-4-10-24-22(16)29-21(14-5-2-1-3-6-14)20(27)15-8-9-18-17(11-15)25-19(26)13-28-18/h1-11,21H,12-13H2,(H,25,26). The Kier molecular flexibility index (Phi) is 5.97. The summed E-state index contributed by atoms with van der Waals surface area (Å²) in [5.41, 5.74) is 2.94. The van der Waals surface area contributed by atoms with Crippen molar-refractivity contribution < 1.29 is 14.3 Å². The zero-order valence-corrected chi connectivity index (χ0v) is 17.7. The molecule has 1 N–H and O–H groups in total. The molecule has 29 heavy (non-hydrogen) atoms. The predicted molar refractivity (Wildman–Crippen MR) is 117 cm³/mol. The molecule has 4 rings (SSSR count). The van der Waals surface area contributed by atoms with Crippen molar-refractivity contribution in [2.24, 2.45) is 0 Å². The van der Waals surface area contributed by atoms with Gasteiger partial charge in [0.15, 0.2) is 12.4 Å². The van der Waals surface area contributed by atoms with Crippen molar-refractivity contribution in [2.75, 3.05) is 11.9 Å². The lowest BCUT2D eigenvalue weighted by molar-refractivity contribution is -0.118. The van der Waals surface area contributed by atoms with Crippen LogP contribution < -0.4 is 10.1 Å². The Bertz CT molecular complexity index is 1060. The predicted octanol–water partition coefficient (Wildman–Crippen LogP) is 5.02. The number of thioether (sulfide) groups is 1. The van der Waals surface area contributed by atoms with E-state index in [2.05, 4.69) is 26.2 Å². The largest absolute Gasteiger partial charge is 0.482 e. The summed E-state index contributed by atoms with van der Waals surface area (Å²) in [4.78, 5) is 29.6. The Morgan fingerprint density at radius 2 is 2.00 bits per heavy atom. The monoisotopic (exact) mass is 468 g/mol. The number of pyridine rings is 1. The second-order valence-corrected chi connectivity index (χ2v) is 8.08. The lowest BCUT2D eigenvalue weighted by atomic mass is 10.0. The molecule has 1 aliphatic heterocycles. The van der Waals surface area contributed by atoms with E-state index in [1.807, 2.05) is 42.5 Å². The first kappa shape index (κ1) is 19.7. The summed E-state index contributed by atoms with van der Waals surface area (Å²) >= 11 is 4.92. The number of fused-ring (bicyclic) bond motifs is 1. The minimum atomic E-state index is -0.470. The molecule has 1 aliphatic rings. The zero-order valence-electron chi connectivity index (χ0n) is 15.3. The summed E-state index contributed by atoms with van der Waals surface area (Å²) in [5.74, 6) is 0.276. The van der Waals surface area contributed by atoms with Gasteiger partial charge in [-0.3, -0.25) is 9.59 Å². The third-order valence-corrected chi connectivity index (χ3v) is 6.38. The normalized spacial score (nSPS) is 13.8. The maximum Gasteiger partial charge on any atom is 0.262 e. The van der Waals surface area contributed by atoms with Crippen molar-refractivity contribution in [3.63, 3.8) is 0 Å². The summed E-state index contributed by atoms with van der Waals surface area (Å²) in [7, 11) is 0. The molecule has 2 heterocycles. The maximum atomic E-state index is 13.5. The Labute approximate surface area is 181 Å². The SMILES string of the molecule is O=C1COc2ccc(C(=O)C(Sc3ncccc3CBr)c3ccccc3)cc2N1.